The van der Waals surface area contributed by atoms with Crippen molar-refractivity contribution in [3.05, 3.63) is 11.6 Å². The van der Waals surface area contributed by atoms with Crippen molar-refractivity contribution < 1.29 is 9.53 Å². The minimum atomic E-state index is -0.311. The second-order valence-corrected chi connectivity index (χ2v) is 2.71. The van der Waals surface area contributed by atoms with Crippen LogP contribution < -0.4 is 0 Å². The number of esters is 1. The number of hydrogen-bond donors (Lipinski definition) is 0. The molecule has 0 aliphatic heterocycles. The van der Waals surface area contributed by atoms with Gasteiger partial charge in [-0.2, -0.15) is 0 Å². The molecule has 0 amide bonds. The van der Waals surface area contributed by atoms with Crippen LogP contribution in [0.3, 0.4) is 0 Å². The molecule has 2 nitrogen and oxygen atoms in total. The van der Waals surface area contributed by atoms with Crippen LogP contribution in [0.1, 0.15) is 0 Å². The molecule has 4 heteroatoms. The van der Waals surface area contributed by atoms with Crippen LogP contribution in [-0.2, 0) is 9.53 Å². The highest BCUT2D eigenvalue weighted by Crippen LogP contribution is 2.03. The molecule has 0 aliphatic rings. The molecule has 10 heavy (non-hydrogen) atoms. The molecule has 0 spiro atoms. The topological polar surface area (TPSA) is 26.3 Å². The second kappa shape index (κ2) is 5.92. The van der Waals surface area contributed by atoms with Gasteiger partial charge in [-0.15, -0.1) is 0 Å². The van der Waals surface area contributed by atoms with Crippen molar-refractivity contribution in [3.8, 4) is 0 Å². The number of carbonyl (C=O) groups is 1. The van der Waals surface area contributed by atoms with Gasteiger partial charge in [-0.05, 0) is 5.57 Å². The van der Waals surface area contributed by atoms with Gasteiger partial charge in [0.1, 0.15) is 0 Å². The second-order valence-electron chi connectivity index (χ2n) is 1.59. The third kappa shape index (κ3) is 4.06. The Bertz CT molecular complexity index is 137. The van der Waals surface area contributed by atoms with Crippen LogP contribution in [0.5, 0.6) is 0 Å². The van der Waals surface area contributed by atoms with Crippen LogP contribution in [0.4, 0.5) is 0 Å². The van der Waals surface area contributed by atoms with Gasteiger partial charge in [-0.3, -0.25) is 0 Å². The molecule has 0 fully saturated rings. The maximum absolute atomic E-state index is 10.6. The molecule has 0 radical (unpaired) electrons. The van der Waals surface area contributed by atoms with Crippen molar-refractivity contribution in [1.29, 1.82) is 0 Å². The first kappa shape index (κ1) is 10.2. The van der Waals surface area contributed by atoms with Crippen LogP contribution in [-0.4, -0.2) is 23.7 Å². The lowest BCUT2D eigenvalue weighted by Crippen LogP contribution is -1.98. The van der Waals surface area contributed by atoms with Crippen LogP contribution >= 0.6 is 31.9 Å². The van der Waals surface area contributed by atoms with Gasteiger partial charge in [0.05, 0.1) is 7.11 Å². The summed E-state index contributed by atoms with van der Waals surface area (Å²) in [6.07, 6.45) is 1.46. The molecule has 0 rings (SSSR count). The Morgan fingerprint density at radius 1 is 1.50 bits per heavy atom. The molecule has 0 unspecified atom stereocenters. The standard InChI is InChI=1S/C6H8Br2O2/c1-10-6(9)2-5(3-7)4-8/h2H,3-4H2,1H3. The largest absolute Gasteiger partial charge is 0.466 e. The van der Waals surface area contributed by atoms with E-state index < -0.39 is 0 Å². The molecule has 0 bridgehead atoms. The number of hydrogen-bond acceptors (Lipinski definition) is 2. The normalized spacial score (nSPS) is 8.70. The Hall–Kier alpha value is 0.170. The van der Waals surface area contributed by atoms with E-state index in [0.717, 1.165) is 5.57 Å². The van der Waals surface area contributed by atoms with Crippen molar-refractivity contribution >= 4 is 37.8 Å². The summed E-state index contributed by atoms with van der Waals surface area (Å²) < 4.78 is 4.43. The summed E-state index contributed by atoms with van der Waals surface area (Å²) in [6.45, 7) is 0. The van der Waals surface area contributed by atoms with Crippen molar-refractivity contribution in [2.45, 2.75) is 0 Å². The minimum Gasteiger partial charge on any atom is -0.466 e. The summed E-state index contributed by atoms with van der Waals surface area (Å²) in [5, 5.41) is 1.38. The number of alkyl halides is 2. The van der Waals surface area contributed by atoms with Gasteiger partial charge >= 0.3 is 5.97 Å². The molecular formula is C6H8Br2O2. The Balaban J connectivity index is 3.96. The molecule has 0 saturated carbocycles. The van der Waals surface area contributed by atoms with Crippen molar-refractivity contribution in [1.82, 2.24) is 0 Å². The Morgan fingerprint density at radius 2 is 2.00 bits per heavy atom. The number of halogens is 2. The lowest BCUT2D eigenvalue weighted by Gasteiger charge is -1.95. The summed E-state index contributed by atoms with van der Waals surface area (Å²) in [5.41, 5.74) is 0.965. The van der Waals surface area contributed by atoms with Crippen molar-refractivity contribution in [2.75, 3.05) is 17.8 Å². The van der Waals surface area contributed by atoms with Crippen LogP contribution in [0, 0.1) is 0 Å². The molecule has 0 aromatic rings. The molecule has 0 aromatic heterocycles. The summed E-state index contributed by atoms with van der Waals surface area (Å²) in [7, 11) is 1.36. The van der Waals surface area contributed by atoms with Crippen molar-refractivity contribution in [3.63, 3.8) is 0 Å². The number of rotatable bonds is 3. The Morgan fingerprint density at radius 3 is 2.30 bits per heavy atom. The van der Waals surface area contributed by atoms with Crippen LogP contribution in [0.25, 0.3) is 0 Å². The predicted octanol–water partition coefficient (Wildman–Crippen LogP) is 1.88. The van der Waals surface area contributed by atoms with E-state index in [1.807, 2.05) is 0 Å². The third-order valence-electron chi connectivity index (χ3n) is 0.866. The average Bonchev–Trinajstić information content (AvgIpc) is 1.99. The van der Waals surface area contributed by atoms with Gasteiger partial charge < -0.3 is 4.74 Å². The number of ether oxygens (including phenoxy) is 1. The quantitative estimate of drug-likeness (QED) is 0.445. The maximum atomic E-state index is 10.6. The zero-order chi connectivity index (χ0) is 7.98. The maximum Gasteiger partial charge on any atom is 0.330 e. The molecule has 0 aromatic carbocycles. The highest BCUT2D eigenvalue weighted by molar-refractivity contribution is 9.10. The first-order valence-corrected chi connectivity index (χ1v) is 4.88. The first-order chi connectivity index (χ1) is 4.74. The molecule has 0 atom stereocenters. The summed E-state index contributed by atoms with van der Waals surface area (Å²) in [5.74, 6) is -0.311. The van der Waals surface area contributed by atoms with Gasteiger partial charge in [0.25, 0.3) is 0 Å². The summed E-state index contributed by atoms with van der Waals surface area (Å²) in [4.78, 5) is 10.6. The minimum absolute atomic E-state index is 0.311. The summed E-state index contributed by atoms with van der Waals surface area (Å²) in [6, 6.07) is 0. The molecule has 0 aliphatic carbocycles. The molecule has 58 valence electrons. The highest BCUT2D eigenvalue weighted by atomic mass is 79.9. The summed E-state index contributed by atoms with van der Waals surface area (Å²) >= 11 is 6.46. The van der Waals surface area contributed by atoms with Gasteiger partial charge in [0.15, 0.2) is 0 Å². The number of carbonyl (C=O) groups excluding carboxylic acids is 1. The van der Waals surface area contributed by atoms with E-state index >= 15 is 0 Å². The van der Waals surface area contributed by atoms with E-state index in [2.05, 4.69) is 36.6 Å². The van der Waals surface area contributed by atoms with E-state index in [1.54, 1.807) is 0 Å². The highest BCUT2D eigenvalue weighted by Gasteiger charge is 1.97. The van der Waals surface area contributed by atoms with Crippen molar-refractivity contribution in [2.24, 2.45) is 0 Å². The van der Waals surface area contributed by atoms with E-state index in [9.17, 15) is 4.79 Å². The van der Waals surface area contributed by atoms with Crippen LogP contribution in [0.15, 0.2) is 11.6 Å². The van der Waals surface area contributed by atoms with Gasteiger partial charge in [-0.1, -0.05) is 31.9 Å². The lowest BCUT2D eigenvalue weighted by molar-refractivity contribution is -0.134. The monoisotopic (exact) mass is 270 g/mol. The fraction of sp³-hybridized carbons (Fsp3) is 0.500. The molecular weight excluding hydrogens is 264 g/mol. The van der Waals surface area contributed by atoms with E-state index in [0.29, 0.717) is 10.7 Å². The molecule has 0 N–H and O–H groups in total. The van der Waals surface area contributed by atoms with E-state index in [4.69, 9.17) is 0 Å². The smallest absolute Gasteiger partial charge is 0.330 e. The Labute approximate surface area is 76.9 Å². The van der Waals surface area contributed by atoms with Gasteiger partial charge in [-0.25, -0.2) is 4.79 Å². The predicted molar refractivity (Wildman–Crippen MR) is 47.7 cm³/mol. The van der Waals surface area contributed by atoms with E-state index in [-0.39, 0.29) is 5.97 Å². The lowest BCUT2D eigenvalue weighted by atomic mass is 10.3. The number of allylic oxidation sites excluding steroid dienone is 1. The fourth-order valence-electron chi connectivity index (χ4n) is 0.338. The first-order valence-electron chi connectivity index (χ1n) is 2.64. The van der Waals surface area contributed by atoms with Crippen LogP contribution in [0.2, 0.25) is 0 Å². The van der Waals surface area contributed by atoms with E-state index in [1.165, 1.54) is 13.2 Å². The van der Waals surface area contributed by atoms with Gasteiger partial charge in [0.2, 0.25) is 0 Å². The zero-order valence-corrected chi connectivity index (χ0v) is 8.74. The molecule has 0 saturated heterocycles. The zero-order valence-electron chi connectivity index (χ0n) is 5.56. The fourth-order valence-corrected chi connectivity index (χ4v) is 1.59. The Kier molecular flexibility index (Phi) is 6.02. The third-order valence-corrected chi connectivity index (χ3v) is 2.31. The SMILES string of the molecule is COC(=O)C=C(CBr)CBr. The molecule has 0 heterocycles. The van der Waals surface area contributed by atoms with Gasteiger partial charge in [0, 0.05) is 16.7 Å². The number of methoxy groups -OCH3 is 1. The average molecular weight is 272 g/mol.